The van der Waals surface area contributed by atoms with Gasteiger partial charge in [0, 0.05) is 9.32 Å². The molecular weight excluding hydrogens is 495 g/mol. The third-order valence-corrected chi connectivity index (χ3v) is 6.92. The first-order chi connectivity index (χ1) is 11.8. The van der Waals surface area contributed by atoms with E-state index in [-0.39, 0.29) is 6.54 Å². The number of carbonyl (C=O) groups is 1. The van der Waals surface area contributed by atoms with E-state index in [0.29, 0.717) is 10.8 Å². The van der Waals surface area contributed by atoms with E-state index in [1.54, 1.807) is 36.0 Å². The number of carbonyl (C=O) groups excluding carboxylic acids is 1. The van der Waals surface area contributed by atoms with Gasteiger partial charge >= 0.3 is 0 Å². The molecule has 2 aromatic rings. The van der Waals surface area contributed by atoms with Crippen LogP contribution in [0.3, 0.4) is 0 Å². The molecule has 1 heterocycles. The number of halogens is 1. The molecule has 2 rings (SSSR count). The van der Waals surface area contributed by atoms with Crippen molar-refractivity contribution in [2.75, 3.05) is 28.2 Å². The van der Waals surface area contributed by atoms with E-state index in [0.717, 1.165) is 30.6 Å². The van der Waals surface area contributed by atoms with Crippen LogP contribution >= 0.6 is 45.7 Å². The summed E-state index contributed by atoms with van der Waals surface area (Å²) in [5.74, 6) is 0.462. The molecule has 0 saturated carbocycles. The van der Waals surface area contributed by atoms with Crippen LogP contribution in [-0.4, -0.2) is 43.1 Å². The third kappa shape index (κ3) is 6.38. The highest BCUT2D eigenvalue weighted by atomic mass is 127. The minimum atomic E-state index is -3.59. The number of nitrogens with one attached hydrogen (secondary N) is 1. The molecule has 7 nitrogen and oxygen atoms in total. The van der Waals surface area contributed by atoms with Gasteiger partial charge in [-0.3, -0.25) is 14.4 Å². The van der Waals surface area contributed by atoms with E-state index < -0.39 is 15.9 Å². The van der Waals surface area contributed by atoms with Gasteiger partial charge in [0.25, 0.3) is 0 Å². The van der Waals surface area contributed by atoms with Crippen molar-refractivity contribution < 1.29 is 13.2 Å². The van der Waals surface area contributed by atoms with Crippen molar-refractivity contribution in [2.24, 2.45) is 0 Å². The lowest BCUT2D eigenvalue weighted by Crippen LogP contribution is -2.37. The first-order valence-electron chi connectivity index (χ1n) is 7.29. The molecule has 136 valence electrons. The van der Waals surface area contributed by atoms with Crippen molar-refractivity contribution in [3.05, 3.63) is 27.8 Å². The number of nitrogens with zero attached hydrogens (tertiary/aromatic N) is 3. The van der Waals surface area contributed by atoms with E-state index >= 15 is 0 Å². The first kappa shape index (κ1) is 20.4. The smallest absolute Gasteiger partial charge is 0.246 e. The molecule has 1 aromatic heterocycles. The Morgan fingerprint density at radius 2 is 2.00 bits per heavy atom. The van der Waals surface area contributed by atoms with Crippen LogP contribution in [0.25, 0.3) is 0 Å². The molecule has 0 aliphatic carbocycles. The van der Waals surface area contributed by atoms with Gasteiger partial charge in [-0.05, 0) is 53.3 Å². The number of anilines is 2. The summed E-state index contributed by atoms with van der Waals surface area (Å²) < 4.78 is 26.9. The zero-order valence-electron chi connectivity index (χ0n) is 13.6. The van der Waals surface area contributed by atoms with Gasteiger partial charge in [-0.1, -0.05) is 30.0 Å². The van der Waals surface area contributed by atoms with Gasteiger partial charge in [0.05, 0.1) is 11.9 Å². The second-order valence-corrected chi connectivity index (χ2v) is 10.5. The van der Waals surface area contributed by atoms with Crippen LogP contribution in [0.15, 0.2) is 28.6 Å². The molecule has 0 saturated heterocycles. The lowest BCUT2D eigenvalue weighted by Gasteiger charge is -2.21. The van der Waals surface area contributed by atoms with Crippen LogP contribution in [0.5, 0.6) is 0 Å². The maximum atomic E-state index is 12.2. The molecule has 0 unspecified atom stereocenters. The van der Waals surface area contributed by atoms with Gasteiger partial charge < -0.3 is 0 Å². The fourth-order valence-corrected chi connectivity index (χ4v) is 4.71. The van der Waals surface area contributed by atoms with Crippen molar-refractivity contribution in [1.82, 2.24) is 10.2 Å². The summed E-state index contributed by atoms with van der Waals surface area (Å²) in [5.41, 5.74) is 0.439. The third-order valence-electron chi connectivity index (χ3n) is 2.88. The Kier molecular flexibility index (Phi) is 7.46. The fraction of sp³-hybridized carbons (Fsp3) is 0.357. The van der Waals surface area contributed by atoms with Crippen LogP contribution < -0.4 is 9.62 Å². The lowest BCUT2D eigenvalue weighted by atomic mass is 10.3. The Balaban J connectivity index is 2.07. The van der Waals surface area contributed by atoms with Crippen molar-refractivity contribution in [3.63, 3.8) is 0 Å². The predicted octanol–water partition coefficient (Wildman–Crippen LogP) is 3.05. The van der Waals surface area contributed by atoms with E-state index in [4.69, 9.17) is 0 Å². The Hall–Kier alpha value is -0.920. The highest BCUT2D eigenvalue weighted by Gasteiger charge is 2.21. The molecule has 1 amide bonds. The largest absolute Gasteiger partial charge is 0.299 e. The molecule has 0 aliphatic rings. The maximum Gasteiger partial charge on any atom is 0.246 e. The molecule has 1 aromatic carbocycles. The summed E-state index contributed by atoms with van der Waals surface area (Å²) >= 11 is 4.97. The van der Waals surface area contributed by atoms with Crippen molar-refractivity contribution in [2.45, 2.75) is 17.7 Å². The van der Waals surface area contributed by atoms with Gasteiger partial charge in [0.1, 0.15) is 6.54 Å². The SMILES string of the molecule is CCCSc1nnc(NC(=O)CN(c2ccc(I)cc2)S(C)(=O)=O)s1. The van der Waals surface area contributed by atoms with Gasteiger partial charge in [0.15, 0.2) is 4.34 Å². The molecule has 1 N–H and O–H groups in total. The molecule has 0 aliphatic heterocycles. The number of amides is 1. The summed E-state index contributed by atoms with van der Waals surface area (Å²) in [6, 6.07) is 6.91. The van der Waals surface area contributed by atoms with Crippen molar-refractivity contribution in [1.29, 1.82) is 0 Å². The number of hydrogen-bond acceptors (Lipinski definition) is 7. The number of thioether (sulfide) groups is 1. The summed E-state index contributed by atoms with van der Waals surface area (Å²) in [6.45, 7) is 1.75. The zero-order valence-corrected chi connectivity index (χ0v) is 18.2. The van der Waals surface area contributed by atoms with Crippen LogP contribution in [0.2, 0.25) is 0 Å². The highest BCUT2D eigenvalue weighted by Crippen LogP contribution is 2.26. The topological polar surface area (TPSA) is 92.3 Å². The summed E-state index contributed by atoms with van der Waals surface area (Å²) in [4.78, 5) is 12.2. The quantitative estimate of drug-likeness (QED) is 0.332. The van der Waals surface area contributed by atoms with Crippen molar-refractivity contribution >= 4 is 72.4 Å². The maximum absolute atomic E-state index is 12.2. The Labute approximate surface area is 168 Å². The van der Waals surface area contributed by atoms with Gasteiger partial charge in [-0.15, -0.1) is 10.2 Å². The van der Waals surface area contributed by atoms with Crippen LogP contribution in [0, 0.1) is 3.57 Å². The number of hydrogen-bond donors (Lipinski definition) is 1. The van der Waals surface area contributed by atoms with Crippen LogP contribution in [0.1, 0.15) is 13.3 Å². The van der Waals surface area contributed by atoms with Gasteiger partial charge in [-0.25, -0.2) is 8.42 Å². The van der Waals surface area contributed by atoms with Crippen molar-refractivity contribution in [3.8, 4) is 0 Å². The number of rotatable bonds is 8. The molecule has 11 heteroatoms. The summed E-state index contributed by atoms with van der Waals surface area (Å²) in [7, 11) is -3.59. The van der Waals surface area contributed by atoms with Gasteiger partial charge in [0.2, 0.25) is 21.1 Å². The highest BCUT2D eigenvalue weighted by molar-refractivity contribution is 14.1. The minimum absolute atomic E-state index is 0.323. The zero-order chi connectivity index (χ0) is 18.4. The molecule has 0 radical (unpaired) electrons. The van der Waals surface area contributed by atoms with Crippen LogP contribution in [-0.2, 0) is 14.8 Å². The van der Waals surface area contributed by atoms with Gasteiger partial charge in [-0.2, -0.15) is 0 Å². The molecule has 0 fully saturated rings. The predicted molar refractivity (Wildman–Crippen MR) is 111 cm³/mol. The van der Waals surface area contributed by atoms with E-state index in [9.17, 15) is 13.2 Å². The molecule has 0 atom stereocenters. The second-order valence-electron chi connectivity index (χ2n) is 5.02. The first-order valence-corrected chi connectivity index (χ1v) is 12.0. The lowest BCUT2D eigenvalue weighted by molar-refractivity contribution is -0.114. The summed E-state index contributed by atoms with van der Waals surface area (Å²) in [5, 5.41) is 10.9. The Morgan fingerprint density at radius 3 is 2.60 bits per heavy atom. The Bertz CT molecular complexity index is 824. The molecule has 0 bridgehead atoms. The number of sulfonamides is 1. The number of aromatic nitrogens is 2. The average Bonchev–Trinajstić information content (AvgIpc) is 2.98. The number of benzene rings is 1. The van der Waals surface area contributed by atoms with E-state index in [1.807, 2.05) is 0 Å². The minimum Gasteiger partial charge on any atom is -0.299 e. The molecular formula is C14H17IN4O3S3. The summed E-state index contributed by atoms with van der Waals surface area (Å²) in [6.07, 6.45) is 2.09. The van der Waals surface area contributed by atoms with E-state index in [1.165, 1.54) is 11.3 Å². The normalized spacial score (nSPS) is 11.3. The standard InChI is InChI=1S/C14H17IN4O3S3/c1-3-8-23-14-18-17-13(24-14)16-12(20)9-19(25(2,21)22)11-6-4-10(15)5-7-11/h4-7H,3,8-9H2,1-2H3,(H,16,17,20). The fourth-order valence-electron chi connectivity index (χ4n) is 1.80. The van der Waals surface area contributed by atoms with E-state index in [2.05, 4.69) is 45.0 Å². The monoisotopic (exact) mass is 512 g/mol. The average molecular weight is 512 g/mol. The second kappa shape index (κ2) is 9.14. The van der Waals surface area contributed by atoms with Crippen LogP contribution in [0.4, 0.5) is 10.8 Å². The Morgan fingerprint density at radius 1 is 1.32 bits per heavy atom. The molecule has 25 heavy (non-hydrogen) atoms. The molecule has 0 spiro atoms.